The van der Waals surface area contributed by atoms with E-state index in [1.165, 1.54) is 44.9 Å². The van der Waals surface area contributed by atoms with Crippen LogP contribution in [0.3, 0.4) is 0 Å². The summed E-state index contributed by atoms with van der Waals surface area (Å²) in [6, 6.07) is 4.65. The van der Waals surface area contributed by atoms with Gasteiger partial charge >= 0.3 is 0 Å². The molecule has 0 radical (unpaired) electrons. The second-order valence-electron chi connectivity index (χ2n) is 7.19. The Morgan fingerprint density at radius 2 is 1.96 bits per heavy atom. The van der Waals surface area contributed by atoms with Crippen LogP contribution in [-0.4, -0.2) is 16.0 Å². The molecule has 0 spiro atoms. The van der Waals surface area contributed by atoms with E-state index in [0.29, 0.717) is 6.04 Å². The normalized spacial score (nSPS) is 17.9. The smallest absolute Gasteiger partial charge is 0.260 e. The first kappa shape index (κ1) is 17.9. The molecule has 3 aromatic rings. The van der Waals surface area contributed by atoms with Crippen molar-refractivity contribution >= 4 is 32.9 Å². The SMILES string of the molecule is C[C@H](NC1CCCCCCC1)c1nc2scc(-c3cccs3)c2c(=O)[nH]1. The van der Waals surface area contributed by atoms with Crippen molar-refractivity contribution in [3.8, 4) is 10.4 Å². The number of rotatable bonds is 4. The molecule has 0 aromatic carbocycles. The first-order valence-corrected chi connectivity index (χ1v) is 11.3. The largest absolute Gasteiger partial charge is 0.309 e. The molecule has 1 aliphatic rings. The van der Waals surface area contributed by atoms with Gasteiger partial charge in [0.15, 0.2) is 0 Å². The lowest BCUT2D eigenvalue weighted by Gasteiger charge is -2.24. The number of aromatic amines is 1. The highest BCUT2D eigenvalue weighted by Crippen LogP contribution is 2.33. The minimum atomic E-state index is -0.0269. The molecule has 0 amide bonds. The van der Waals surface area contributed by atoms with Gasteiger partial charge in [-0.25, -0.2) is 4.98 Å². The Bertz CT molecular complexity index is 905. The summed E-state index contributed by atoms with van der Waals surface area (Å²) in [5, 5.41) is 8.51. The molecule has 1 fully saturated rings. The van der Waals surface area contributed by atoms with Gasteiger partial charge in [0.1, 0.15) is 10.7 Å². The van der Waals surface area contributed by atoms with E-state index in [1.807, 2.05) is 11.4 Å². The molecular weight excluding hydrogens is 362 g/mol. The van der Waals surface area contributed by atoms with Crippen molar-refractivity contribution in [2.45, 2.75) is 64.0 Å². The number of nitrogens with one attached hydrogen (secondary N) is 2. The predicted molar refractivity (Wildman–Crippen MR) is 111 cm³/mol. The number of hydrogen-bond acceptors (Lipinski definition) is 5. The zero-order valence-electron chi connectivity index (χ0n) is 15.1. The van der Waals surface area contributed by atoms with Gasteiger partial charge < -0.3 is 10.3 Å². The van der Waals surface area contributed by atoms with Crippen molar-refractivity contribution < 1.29 is 0 Å². The van der Waals surface area contributed by atoms with Gasteiger partial charge in [-0.1, -0.05) is 38.2 Å². The summed E-state index contributed by atoms with van der Waals surface area (Å²) in [6.07, 6.45) is 9.09. The van der Waals surface area contributed by atoms with Crippen LogP contribution in [0.2, 0.25) is 0 Å². The minimum absolute atomic E-state index is 0.0269. The van der Waals surface area contributed by atoms with E-state index >= 15 is 0 Å². The zero-order valence-corrected chi connectivity index (χ0v) is 16.7. The molecule has 4 nitrogen and oxygen atoms in total. The number of H-pyrrole nitrogens is 1. The van der Waals surface area contributed by atoms with Gasteiger partial charge in [-0.3, -0.25) is 4.79 Å². The maximum Gasteiger partial charge on any atom is 0.260 e. The molecule has 0 saturated heterocycles. The van der Waals surface area contributed by atoms with Gasteiger partial charge in [0, 0.05) is 21.9 Å². The van der Waals surface area contributed by atoms with E-state index < -0.39 is 0 Å². The molecule has 2 N–H and O–H groups in total. The zero-order chi connectivity index (χ0) is 17.9. The van der Waals surface area contributed by atoms with E-state index in [1.54, 1.807) is 22.7 Å². The van der Waals surface area contributed by atoms with E-state index in [4.69, 9.17) is 4.98 Å². The Hall–Kier alpha value is -1.50. The Morgan fingerprint density at radius 1 is 1.19 bits per heavy atom. The minimum Gasteiger partial charge on any atom is -0.309 e. The molecule has 6 heteroatoms. The summed E-state index contributed by atoms with van der Waals surface area (Å²) in [4.78, 5) is 22.5. The fourth-order valence-corrected chi connectivity index (χ4v) is 5.61. The topological polar surface area (TPSA) is 57.8 Å². The second kappa shape index (κ2) is 8.03. The summed E-state index contributed by atoms with van der Waals surface area (Å²) < 4.78 is 0. The molecule has 1 aliphatic carbocycles. The molecule has 4 rings (SSSR count). The highest BCUT2D eigenvalue weighted by Gasteiger charge is 2.19. The van der Waals surface area contributed by atoms with Gasteiger partial charge in [0.2, 0.25) is 0 Å². The van der Waals surface area contributed by atoms with Crippen molar-refractivity contribution in [1.29, 1.82) is 0 Å². The molecule has 3 heterocycles. The van der Waals surface area contributed by atoms with Crippen LogP contribution in [0.15, 0.2) is 27.7 Å². The van der Waals surface area contributed by atoms with Crippen LogP contribution in [0.4, 0.5) is 0 Å². The monoisotopic (exact) mass is 387 g/mol. The molecule has 0 bridgehead atoms. The molecule has 0 unspecified atom stereocenters. The summed E-state index contributed by atoms with van der Waals surface area (Å²) >= 11 is 3.21. The summed E-state index contributed by atoms with van der Waals surface area (Å²) in [6.45, 7) is 2.11. The van der Waals surface area contributed by atoms with E-state index in [9.17, 15) is 4.79 Å². The number of fused-ring (bicyclic) bond motifs is 1. The summed E-state index contributed by atoms with van der Waals surface area (Å²) in [5.41, 5.74) is 0.974. The van der Waals surface area contributed by atoms with Crippen LogP contribution in [-0.2, 0) is 0 Å². The third-order valence-corrected chi connectivity index (χ3v) is 7.03. The quantitative estimate of drug-likeness (QED) is 0.623. The molecule has 3 aromatic heterocycles. The van der Waals surface area contributed by atoms with Gasteiger partial charge in [0.05, 0.1) is 11.4 Å². The van der Waals surface area contributed by atoms with Crippen LogP contribution in [0.25, 0.3) is 20.7 Å². The maximum atomic E-state index is 12.8. The third-order valence-electron chi connectivity index (χ3n) is 5.25. The molecule has 0 aliphatic heterocycles. The Kier molecular flexibility index (Phi) is 5.52. The summed E-state index contributed by atoms with van der Waals surface area (Å²) in [5.74, 6) is 0.754. The highest BCUT2D eigenvalue weighted by molar-refractivity contribution is 7.18. The average Bonchev–Trinajstić information content (AvgIpc) is 3.26. The number of thiophene rings is 2. The lowest BCUT2D eigenvalue weighted by molar-refractivity contribution is 0.357. The number of nitrogens with zero attached hydrogens (tertiary/aromatic N) is 1. The van der Waals surface area contributed by atoms with Gasteiger partial charge in [-0.05, 0) is 31.2 Å². The molecular formula is C20H25N3OS2. The lowest BCUT2D eigenvalue weighted by Crippen LogP contribution is -2.33. The first-order valence-electron chi connectivity index (χ1n) is 9.53. The van der Waals surface area contributed by atoms with Gasteiger partial charge in [-0.15, -0.1) is 22.7 Å². The van der Waals surface area contributed by atoms with Crippen molar-refractivity contribution in [3.05, 3.63) is 39.1 Å². The van der Waals surface area contributed by atoms with E-state index in [0.717, 1.165) is 26.5 Å². The first-order chi connectivity index (χ1) is 12.7. The van der Waals surface area contributed by atoms with Crippen LogP contribution in [0.5, 0.6) is 0 Å². The van der Waals surface area contributed by atoms with Gasteiger partial charge in [0.25, 0.3) is 5.56 Å². The molecule has 26 heavy (non-hydrogen) atoms. The van der Waals surface area contributed by atoms with E-state index in [-0.39, 0.29) is 11.6 Å². The number of aromatic nitrogens is 2. The average molecular weight is 388 g/mol. The fourth-order valence-electron chi connectivity index (χ4n) is 3.84. The van der Waals surface area contributed by atoms with E-state index in [2.05, 4.69) is 28.7 Å². The molecule has 138 valence electrons. The Labute approximate surface area is 161 Å². The standard InChI is InChI=1S/C20H25N3OS2/c1-13(21-14-8-5-3-2-4-6-9-14)18-22-19(24)17-15(12-26-20(17)23-18)16-10-7-11-25-16/h7,10-14,21H,2-6,8-9H2,1H3,(H,22,23,24)/t13-/m0/s1. The van der Waals surface area contributed by atoms with Crippen LogP contribution in [0.1, 0.15) is 63.7 Å². The Morgan fingerprint density at radius 3 is 2.69 bits per heavy atom. The highest BCUT2D eigenvalue weighted by atomic mass is 32.1. The van der Waals surface area contributed by atoms with Crippen LogP contribution in [0, 0.1) is 0 Å². The molecule has 1 atom stereocenters. The summed E-state index contributed by atoms with van der Waals surface area (Å²) in [7, 11) is 0. The fraction of sp³-hybridized carbons (Fsp3) is 0.500. The molecule has 1 saturated carbocycles. The van der Waals surface area contributed by atoms with Crippen LogP contribution >= 0.6 is 22.7 Å². The van der Waals surface area contributed by atoms with Crippen molar-refractivity contribution in [2.24, 2.45) is 0 Å². The Balaban J connectivity index is 1.58. The van der Waals surface area contributed by atoms with Crippen molar-refractivity contribution in [1.82, 2.24) is 15.3 Å². The van der Waals surface area contributed by atoms with Crippen LogP contribution < -0.4 is 10.9 Å². The second-order valence-corrected chi connectivity index (χ2v) is 8.99. The lowest BCUT2D eigenvalue weighted by atomic mass is 9.96. The van der Waals surface area contributed by atoms with Crippen molar-refractivity contribution in [2.75, 3.05) is 0 Å². The third kappa shape index (κ3) is 3.77. The van der Waals surface area contributed by atoms with Gasteiger partial charge in [-0.2, -0.15) is 0 Å². The number of hydrogen-bond donors (Lipinski definition) is 2. The predicted octanol–water partition coefficient (Wildman–Crippen LogP) is 5.48. The van der Waals surface area contributed by atoms with Crippen molar-refractivity contribution in [3.63, 3.8) is 0 Å². The maximum absolute atomic E-state index is 12.8.